The molecule has 0 atom stereocenters. The van der Waals surface area contributed by atoms with E-state index in [9.17, 15) is 13.7 Å². The maximum Gasteiger partial charge on any atom is 0.276 e. The Kier molecular flexibility index (Phi) is 4.88. The highest BCUT2D eigenvalue weighted by molar-refractivity contribution is 7.86. The first-order valence-electron chi connectivity index (χ1n) is 8.49. The zero-order chi connectivity index (χ0) is 19.1. The van der Waals surface area contributed by atoms with Crippen LogP contribution < -0.4 is 10.0 Å². The van der Waals surface area contributed by atoms with Crippen molar-refractivity contribution in [1.82, 2.24) is 9.29 Å². The van der Waals surface area contributed by atoms with Gasteiger partial charge in [-0.25, -0.2) is 5.14 Å². The number of aromatic nitrogens is 1. The van der Waals surface area contributed by atoms with Crippen LogP contribution in [0.5, 0.6) is 0 Å². The van der Waals surface area contributed by atoms with Crippen molar-refractivity contribution in [2.45, 2.75) is 20.3 Å². The lowest BCUT2D eigenvalue weighted by atomic mass is 9.93. The molecule has 1 aliphatic heterocycles. The van der Waals surface area contributed by atoms with E-state index in [1.807, 2.05) is 6.07 Å². The van der Waals surface area contributed by atoms with Crippen LogP contribution in [0.4, 0.5) is 5.69 Å². The molecule has 2 heterocycles. The molecule has 2 aromatic rings. The summed E-state index contributed by atoms with van der Waals surface area (Å²) < 4.78 is 23.7. The Balaban J connectivity index is 1.80. The minimum absolute atomic E-state index is 0.375. The number of nitrogens with zero attached hydrogens (tertiary/aromatic N) is 4. The summed E-state index contributed by atoms with van der Waals surface area (Å²) in [6.45, 7) is 6.09. The van der Waals surface area contributed by atoms with Crippen molar-refractivity contribution >= 4 is 26.8 Å². The smallest absolute Gasteiger partial charge is 0.276 e. The molecule has 1 aromatic heterocycles. The highest BCUT2D eigenvalue weighted by atomic mass is 32.2. The maximum atomic E-state index is 11.3. The second kappa shape index (κ2) is 6.83. The molecule has 1 aromatic carbocycles. The van der Waals surface area contributed by atoms with Gasteiger partial charge in [-0.1, -0.05) is 0 Å². The molecule has 7 nitrogen and oxygen atoms in total. The Morgan fingerprint density at radius 1 is 1.35 bits per heavy atom. The number of anilines is 1. The van der Waals surface area contributed by atoms with Crippen LogP contribution in [0.1, 0.15) is 23.1 Å². The van der Waals surface area contributed by atoms with E-state index in [2.05, 4.69) is 35.9 Å². The zero-order valence-electron chi connectivity index (χ0n) is 15.2. The van der Waals surface area contributed by atoms with Gasteiger partial charge in [-0.3, -0.25) is 4.98 Å². The molecular formula is C18H23N5O2S. The van der Waals surface area contributed by atoms with Gasteiger partial charge in [0.2, 0.25) is 0 Å². The number of fused-ring (bicyclic) bond motifs is 1. The van der Waals surface area contributed by atoms with Gasteiger partial charge in [-0.15, -0.1) is 0 Å². The third-order valence-corrected chi connectivity index (χ3v) is 6.19. The van der Waals surface area contributed by atoms with Gasteiger partial charge in [0.1, 0.15) is 6.07 Å². The molecule has 0 radical (unpaired) electrons. The van der Waals surface area contributed by atoms with Crippen LogP contribution in [0, 0.1) is 31.1 Å². The average molecular weight is 373 g/mol. The number of aryl methyl sites for hydroxylation is 2. The molecule has 138 valence electrons. The molecule has 0 aliphatic carbocycles. The lowest BCUT2D eigenvalue weighted by Crippen LogP contribution is -2.48. The fourth-order valence-electron chi connectivity index (χ4n) is 3.29. The van der Waals surface area contributed by atoms with Crippen LogP contribution in [0.2, 0.25) is 0 Å². The average Bonchev–Trinajstić information content (AvgIpc) is 2.53. The number of hydrogen-bond donors (Lipinski definition) is 1. The molecule has 1 aliphatic rings. The van der Waals surface area contributed by atoms with Gasteiger partial charge in [-0.2, -0.15) is 18.0 Å². The fourth-order valence-corrected chi connectivity index (χ4v) is 3.65. The summed E-state index contributed by atoms with van der Waals surface area (Å²) in [7, 11) is -2.14. The van der Waals surface area contributed by atoms with E-state index in [1.165, 1.54) is 22.5 Å². The quantitative estimate of drug-likeness (QED) is 0.859. The molecule has 0 spiro atoms. The van der Waals surface area contributed by atoms with E-state index in [1.54, 1.807) is 6.20 Å². The Labute approximate surface area is 154 Å². The summed E-state index contributed by atoms with van der Waals surface area (Å²) in [4.78, 5) is 6.60. The monoisotopic (exact) mass is 373 g/mol. The van der Waals surface area contributed by atoms with Gasteiger partial charge in [-0.05, 0) is 49.4 Å². The lowest BCUT2D eigenvalue weighted by molar-refractivity contribution is 0.345. The summed E-state index contributed by atoms with van der Waals surface area (Å²) in [6, 6.07) is 6.39. The first-order chi connectivity index (χ1) is 12.2. The number of nitrogens with two attached hydrogens (primary N) is 1. The number of nitriles is 1. The summed E-state index contributed by atoms with van der Waals surface area (Å²) in [5.74, 6) is 0.375. The summed E-state index contributed by atoms with van der Waals surface area (Å²) in [5.41, 5.74) is 4.73. The van der Waals surface area contributed by atoms with Gasteiger partial charge in [0.15, 0.2) is 0 Å². The first kappa shape index (κ1) is 18.6. The van der Waals surface area contributed by atoms with Crippen LogP contribution >= 0.6 is 0 Å². The predicted molar refractivity (Wildman–Crippen MR) is 102 cm³/mol. The molecule has 8 heteroatoms. The molecular weight excluding hydrogens is 350 g/mol. The Morgan fingerprint density at radius 3 is 2.62 bits per heavy atom. The molecule has 0 unspecified atom stereocenters. The largest absolute Gasteiger partial charge is 0.369 e. The molecule has 0 amide bonds. The van der Waals surface area contributed by atoms with Crippen LogP contribution in [-0.4, -0.2) is 44.4 Å². The van der Waals surface area contributed by atoms with E-state index < -0.39 is 10.2 Å². The summed E-state index contributed by atoms with van der Waals surface area (Å²) in [5, 5.41) is 15.6. The van der Waals surface area contributed by atoms with Crippen molar-refractivity contribution in [3.05, 3.63) is 35.0 Å². The molecule has 3 rings (SSSR count). The first-order valence-corrected chi connectivity index (χ1v) is 10.00. The topological polar surface area (TPSA) is 103 Å². The minimum Gasteiger partial charge on any atom is -0.369 e. The van der Waals surface area contributed by atoms with Crippen LogP contribution in [-0.2, 0) is 10.2 Å². The van der Waals surface area contributed by atoms with Crippen molar-refractivity contribution in [2.75, 3.05) is 31.6 Å². The highest BCUT2D eigenvalue weighted by Gasteiger charge is 2.30. The van der Waals surface area contributed by atoms with Crippen molar-refractivity contribution in [2.24, 2.45) is 11.1 Å². The second-order valence-corrected chi connectivity index (χ2v) is 8.67. The van der Waals surface area contributed by atoms with Gasteiger partial charge < -0.3 is 4.90 Å². The van der Waals surface area contributed by atoms with Crippen molar-refractivity contribution in [3.8, 4) is 6.07 Å². The molecule has 0 saturated carbocycles. The van der Waals surface area contributed by atoms with E-state index >= 15 is 0 Å². The van der Waals surface area contributed by atoms with Gasteiger partial charge >= 0.3 is 0 Å². The minimum atomic E-state index is -3.63. The van der Waals surface area contributed by atoms with Gasteiger partial charge in [0, 0.05) is 38.3 Å². The van der Waals surface area contributed by atoms with Crippen molar-refractivity contribution in [3.63, 3.8) is 0 Å². The van der Waals surface area contributed by atoms with E-state index in [4.69, 9.17) is 5.14 Å². The Bertz CT molecular complexity index is 991. The number of rotatable bonds is 5. The highest BCUT2D eigenvalue weighted by Crippen LogP contribution is 2.36. The predicted octanol–water partition coefficient (Wildman–Crippen LogP) is 1.68. The fraction of sp³-hybridized carbons (Fsp3) is 0.444. The maximum absolute atomic E-state index is 11.3. The van der Waals surface area contributed by atoms with Crippen molar-refractivity contribution < 1.29 is 8.42 Å². The van der Waals surface area contributed by atoms with E-state index in [0.29, 0.717) is 18.0 Å². The van der Waals surface area contributed by atoms with Crippen LogP contribution in [0.3, 0.4) is 0 Å². The molecule has 26 heavy (non-hydrogen) atoms. The Morgan fingerprint density at radius 2 is 2.00 bits per heavy atom. The lowest BCUT2D eigenvalue weighted by Gasteiger charge is -2.42. The number of hydrogen-bond acceptors (Lipinski definition) is 5. The molecule has 0 bridgehead atoms. The van der Waals surface area contributed by atoms with E-state index in [-0.39, 0.29) is 0 Å². The van der Waals surface area contributed by atoms with Gasteiger partial charge in [0.25, 0.3) is 10.2 Å². The SMILES string of the molecule is Cc1cc2ncc(C#N)c(N3CC(CCN(C)S(N)(=O)=O)C3)c2cc1C. The third-order valence-electron chi connectivity index (χ3n) is 5.14. The molecule has 1 fully saturated rings. The summed E-state index contributed by atoms with van der Waals surface area (Å²) >= 11 is 0. The zero-order valence-corrected chi connectivity index (χ0v) is 16.0. The van der Waals surface area contributed by atoms with Gasteiger partial charge in [0.05, 0.1) is 16.8 Å². The number of benzene rings is 1. The van der Waals surface area contributed by atoms with Crippen LogP contribution in [0.25, 0.3) is 10.9 Å². The van der Waals surface area contributed by atoms with Crippen molar-refractivity contribution in [1.29, 1.82) is 5.26 Å². The number of pyridine rings is 1. The Hall–Kier alpha value is -2.21. The normalized spacial score (nSPS) is 15.3. The van der Waals surface area contributed by atoms with E-state index in [0.717, 1.165) is 36.1 Å². The standard InChI is InChI=1S/C18H23N5O2S/c1-12-6-16-17(7-13(12)2)21-9-15(8-19)18(16)23-10-14(11-23)4-5-22(3)26(20,24)25/h6-7,9,14H,4-5,10-11H2,1-3H3,(H2,20,24,25). The molecule has 1 saturated heterocycles. The molecule has 2 N–H and O–H groups in total. The van der Waals surface area contributed by atoms with Crippen LogP contribution in [0.15, 0.2) is 18.3 Å². The third kappa shape index (κ3) is 3.51. The second-order valence-electron chi connectivity index (χ2n) is 7.01. The summed E-state index contributed by atoms with van der Waals surface area (Å²) in [6.07, 6.45) is 2.38.